The molecule has 0 aromatic heterocycles. The minimum absolute atomic E-state index is 0.490. The molecule has 2 rings (SSSR count). The minimum Gasteiger partial charge on any atom is -0.457 e. The van der Waals surface area contributed by atoms with Gasteiger partial charge in [-0.15, -0.1) is 0 Å². The molecule has 0 aliphatic carbocycles. The molecule has 0 unspecified atom stereocenters. The Bertz CT molecular complexity index is 599. The van der Waals surface area contributed by atoms with Crippen molar-refractivity contribution in [2.24, 2.45) is 5.92 Å². The van der Waals surface area contributed by atoms with Crippen LogP contribution in [0.15, 0.2) is 42.5 Å². The van der Waals surface area contributed by atoms with Crippen molar-refractivity contribution in [2.75, 3.05) is 6.54 Å². The molecule has 2 aromatic carbocycles. The molecule has 0 aliphatic heterocycles. The van der Waals surface area contributed by atoms with Crippen molar-refractivity contribution < 1.29 is 4.74 Å². The zero-order valence-electron chi connectivity index (χ0n) is 12.2. The van der Waals surface area contributed by atoms with E-state index in [4.69, 9.17) is 27.9 Å². The van der Waals surface area contributed by atoms with Crippen LogP contribution in [0.1, 0.15) is 19.4 Å². The van der Waals surface area contributed by atoms with E-state index < -0.39 is 0 Å². The van der Waals surface area contributed by atoms with Gasteiger partial charge in [-0.2, -0.15) is 0 Å². The second-order valence-electron chi connectivity index (χ2n) is 5.31. The van der Waals surface area contributed by atoms with E-state index in [1.165, 1.54) is 0 Å². The highest BCUT2D eigenvalue weighted by molar-refractivity contribution is 6.42. The Balaban J connectivity index is 2.10. The van der Waals surface area contributed by atoms with Gasteiger partial charge in [0.15, 0.2) is 0 Å². The molecule has 112 valence electrons. The Labute approximate surface area is 136 Å². The highest BCUT2D eigenvalue weighted by atomic mass is 35.5. The Morgan fingerprint density at radius 3 is 2.52 bits per heavy atom. The summed E-state index contributed by atoms with van der Waals surface area (Å²) in [6, 6.07) is 13.2. The third-order valence-corrected chi connectivity index (χ3v) is 3.70. The van der Waals surface area contributed by atoms with Crippen LogP contribution in [0.4, 0.5) is 0 Å². The molecule has 0 saturated carbocycles. The van der Waals surface area contributed by atoms with Crippen LogP contribution in [0.25, 0.3) is 0 Å². The molecule has 0 aliphatic rings. The monoisotopic (exact) mass is 323 g/mol. The lowest BCUT2D eigenvalue weighted by Gasteiger charge is -2.13. The first-order chi connectivity index (χ1) is 10.1. The van der Waals surface area contributed by atoms with E-state index in [0.29, 0.717) is 21.7 Å². The van der Waals surface area contributed by atoms with Gasteiger partial charge in [-0.3, -0.25) is 0 Å². The number of rotatable bonds is 6. The second kappa shape index (κ2) is 7.69. The Kier molecular flexibility index (Phi) is 5.92. The van der Waals surface area contributed by atoms with Gasteiger partial charge in [0.25, 0.3) is 0 Å². The van der Waals surface area contributed by atoms with Crippen molar-refractivity contribution in [2.45, 2.75) is 20.4 Å². The molecule has 0 fully saturated rings. The van der Waals surface area contributed by atoms with E-state index in [0.717, 1.165) is 24.4 Å². The number of nitrogens with one attached hydrogen (secondary N) is 1. The van der Waals surface area contributed by atoms with E-state index in [1.54, 1.807) is 12.1 Å². The highest BCUT2D eigenvalue weighted by Crippen LogP contribution is 2.30. The number of para-hydroxylation sites is 1. The number of hydrogen-bond donors (Lipinski definition) is 1. The molecule has 0 spiro atoms. The van der Waals surface area contributed by atoms with Crippen molar-refractivity contribution >= 4 is 23.2 Å². The van der Waals surface area contributed by atoms with Crippen LogP contribution < -0.4 is 10.1 Å². The molecule has 2 nitrogen and oxygen atoms in total. The van der Waals surface area contributed by atoms with Gasteiger partial charge in [-0.25, -0.2) is 0 Å². The van der Waals surface area contributed by atoms with Gasteiger partial charge in [-0.05, 0) is 30.7 Å². The summed E-state index contributed by atoms with van der Waals surface area (Å²) in [5.41, 5.74) is 1.12. The highest BCUT2D eigenvalue weighted by Gasteiger charge is 2.06. The molecule has 0 amide bonds. The van der Waals surface area contributed by atoms with Crippen LogP contribution in [-0.2, 0) is 6.54 Å². The number of hydrogen-bond acceptors (Lipinski definition) is 2. The fourth-order valence-corrected chi connectivity index (χ4v) is 2.20. The van der Waals surface area contributed by atoms with Crippen LogP contribution in [0, 0.1) is 5.92 Å². The van der Waals surface area contributed by atoms with Crippen LogP contribution in [-0.4, -0.2) is 6.54 Å². The number of halogens is 2. The molecule has 4 heteroatoms. The zero-order chi connectivity index (χ0) is 15.2. The predicted molar refractivity (Wildman–Crippen MR) is 89.5 cm³/mol. The third-order valence-electron chi connectivity index (χ3n) is 2.96. The van der Waals surface area contributed by atoms with Crippen LogP contribution >= 0.6 is 23.2 Å². The first kappa shape index (κ1) is 16.2. The van der Waals surface area contributed by atoms with E-state index >= 15 is 0 Å². The first-order valence-electron chi connectivity index (χ1n) is 6.98. The number of benzene rings is 2. The van der Waals surface area contributed by atoms with Gasteiger partial charge in [0.2, 0.25) is 0 Å². The van der Waals surface area contributed by atoms with Gasteiger partial charge in [0.1, 0.15) is 11.5 Å². The molecule has 1 N–H and O–H groups in total. The summed E-state index contributed by atoms with van der Waals surface area (Å²) in [4.78, 5) is 0. The van der Waals surface area contributed by atoms with Crippen molar-refractivity contribution in [3.63, 3.8) is 0 Å². The van der Waals surface area contributed by atoms with Crippen LogP contribution in [0.5, 0.6) is 11.5 Å². The lowest BCUT2D eigenvalue weighted by atomic mass is 10.2. The molecule has 0 saturated heterocycles. The number of ether oxygens (including phenoxy) is 1. The van der Waals surface area contributed by atoms with Crippen molar-refractivity contribution in [1.29, 1.82) is 0 Å². The summed E-state index contributed by atoms with van der Waals surface area (Å²) in [7, 11) is 0. The van der Waals surface area contributed by atoms with E-state index in [-0.39, 0.29) is 0 Å². The fourth-order valence-electron chi connectivity index (χ4n) is 1.91. The normalized spacial score (nSPS) is 10.9. The molecule has 21 heavy (non-hydrogen) atoms. The van der Waals surface area contributed by atoms with E-state index in [1.807, 2.05) is 24.3 Å². The van der Waals surface area contributed by atoms with Gasteiger partial charge >= 0.3 is 0 Å². The third kappa shape index (κ3) is 4.92. The molecular weight excluding hydrogens is 305 g/mol. The van der Waals surface area contributed by atoms with Crippen molar-refractivity contribution in [1.82, 2.24) is 5.32 Å². The molecule has 0 bridgehead atoms. The summed E-state index contributed by atoms with van der Waals surface area (Å²) < 4.78 is 5.92. The average molecular weight is 324 g/mol. The maximum absolute atomic E-state index is 6.01. The van der Waals surface area contributed by atoms with Gasteiger partial charge < -0.3 is 10.1 Å². The standard InChI is InChI=1S/C17H19Cl2NO/c1-12(2)10-20-11-13-5-3-4-6-17(13)21-14-7-8-15(18)16(19)9-14/h3-9,12,20H,10-11H2,1-2H3. The summed E-state index contributed by atoms with van der Waals surface area (Å²) in [5, 5.41) is 4.43. The van der Waals surface area contributed by atoms with Crippen molar-refractivity contribution in [3.05, 3.63) is 58.1 Å². The predicted octanol–water partition coefficient (Wildman–Crippen LogP) is 5.53. The maximum atomic E-state index is 6.01. The summed E-state index contributed by atoms with van der Waals surface area (Å²) in [6.07, 6.45) is 0. The molecule has 2 aromatic rings. The summed E-state index contributed by atoms with van der Waals surface area (Å²) >= 11 is 11.9. The second-order valence-corrected chi connectivity index (χ2v) is 6.12. The average Bonchev–Trinajstić information content (AvgIpc) is 2.44. The Morgan fingerprint density at radius 2 is 1.81 bits per heavy atom. The molecule has 0 radical (unpaired) electrons. The maximum Gasteiger partial charge on any atom is 0.131 e. The van der Waals surface area contributed by atoms with E-state index in [9.17, 15) is 0 Å². The molecule has 0 heterocycles. The lowest BCUT2D eigenvalue weighted by Crippen LogP contribution is -2.19. The Hall–Kier alpha value is -1.22. The van der Waals surface area contributed by atoms with Crippen LogP contribution in [0.2, 0.25) is 10.0 Å². The van der Waals surface area contributed by atoms with Crippen LogP contribution in [0.3, 0.4) is 0 Å². The van der Waals surface area contributed by atoms with Gasteiger partial charge in [-0.1, -0.05) is 55.2 Å². The quantitative estimate of drug-likeness (QED) is 0.754. The summed E-state index contributed by atoms with van der Waals surface area (Å²) in [5.74, 6) is 2.13. The smallest absolute Gasteiger partial charge is 0.131 e. The van der Waals surface area contributed by atoms with Gasteiger partial charge in [0.05, 0.1) is 10.0 Å². The minimum atomic E-state index is 0.490. The molecule has 0 atom stereocenters. The summed E-state index contributed by atoms with van der Waals surface area (Å²) in [6.45, 7) is 6.12. The van der Waals surface area contributed by atoms with Crippen molar-refractivity contribution in [3.8, 4) is 11.5 Å². The SMILES string of the molecule is CC(C)CNCc1ccccc1Oc1ccc(Cl)c(Cl)c1. The topological polar surface area (TPSA) is 21.3 Å². The largest absolute Gasteiger partial charge is 0.457 e. The fraction of sp³-hybridized carbons (Fsp3) is 0.294. The molecular formula is C17H19Cl2NO. The Morgan fingerprint density at radius 1 is 1.05 bits per heavy atom. The van der Waals surface area contributed by atoms with Gasteiger partial charge in [0, 0.05) is 18.2 Å². The first-order valence-corrected chi connectivity index (χ1v) is 7.73. The lowest BCUT2D eigenvalue weighted by molar-refractivity contribution is 0.469. The zero-order valence-corrected chi connectivity index (χ0v) is 13.7. The van der Waals surface area contributed by atoms with E-state index in [2.05, 4.69) is 25.2 Å².